The van der Waals surface area contributed by atoms with Crippen molar-refractivity contribution in [2.45, 2.75) is 30.8 Å². The maximum absolute atomic E-state index is 12.6. The highest BCUT2D eigenvalue weighted by molar-refractivity contribution is 7.89. The van der Waals surface area contributed by atoms with E-state index in [4.69, 9.17) is 21.1 Å². The van der Waals surface area contributed by atoms with Gasteiger partial charge in [0.05, 0.1) is 11.5 Å². The van der Waals surface area contributed by atoms with Crippen molar-refractivity contribution in [2.75, 3.05) is 20.3 Å². The van der Waals surface area contributed by atoms with Crippen LogP contribution in [0.5, 0.6) is 5.75 Å². The molecule has 2 aromatic rings. The van der Waals surface area contributed by atoms with E-state index in [1.807, 2.05) is 19.9 Å². The summed E-state index contributed by atoms with van der Waals surface area (Å²) >= 11 is 6.04. The number of ether oxygens (including phenoxy) is 2. The van der Waals surface area contributed by atoms with Crippen LogP contribution < -0.4 is 9.46 Å². The van der Waals surface area contributed by atoms with E-state index in [0.717, 1.165) is 12.0 Å². The van der Waals surface area contributed by atoms with Crippen LogP contribution in [0, 0.1) is 0 Å². The van der Waals surface area contributed by atoms with Crippen LogP contribution >= 0.6 is 11.6 Å². The van der Waals surface area contributed by atoms with E-state index >= 15 is 0 Å². The molecule has 0 amide bonds. The Morgan fingerprint density at radius 2 is 1.85 bits per heavy atom. The fraction of sp³-hybridized carbons (Fsp3) is 0.368. The Hall–Kier alpha value is -1.60. The van der Waals surface area contributed by atoms with Gasteiger partial charge in [0.25, 0.3) is 0 Å². The van der Waals surface area contributed by atoms with Gasteiger partial charge >= 0.3 is 0 Å². The van der Waals surface area contributed by atoms with Crippen molar-refractivity contribution in [1.82, 2.24) is 4.72 Å². The Labute approximate surface area is 160 Å². The first kappa shape index (κ1) is 20.7. The van der Waals surface area contributed by atoms with Crippen LogP contribution in [0.15, 0.2) is 53.4 Å². The van der Waals surface area contributed by atoms with E-state index in [0.29, 0.717) is 17.4 Å². The highest BCUT2D eigenvalue weighted by atomic mass is 35.5. The molecule has 0 aliphatic rings. The van der Waals surface area contributed by atoms with Crippen molar-refractivity contribution >= 4 is 21.6 Å². The third kappa shape index (κ3) is 5.20. The molecule has 7 heteroatoms. The lowest BCUT2D eigenvalue weighted by Crippen LogP contribution is -2.40. The summed E-state index contributed by atoms with van der Waals surface area (Å²) < 4.78 is 38.8. The number of hydrogen-bond donors (Lipinski definition) is 1. The Morgan fingerprint density at radius 3 is 2.42 bits per heavy atom. The summed E-state index contributed by atoms with van der Waals surface area (Å²) in [6.07, 6.45) is 0.890. The molecule has 26 heavy (non-hydrogen) atoms. The van der Waals surface area contributed by atoms with E-state index in [1.165, 1.54) is 19.2 Å². The second-order valence-corrected chi connectivity index (χ2v) is 8.29. The molecule has 0 bridgehead atoms. The summed E-state index contributed by atoms with van der Waals surface area (Å²) in [4.78, 5) is 0.172. The highest BCUT2D eigenvalue weighted by Crippen LogP contribution is 2.27. The van der Waals surface area contributed by atoms with Gasteiger partial charge in [-0.05, 0) is 55.3 Å². The topological polar surface area (TPSA) is 64.6 Å². The van der Waals surface area contributed by atoms with Gasteiger partial charge in [-0.1, -0.05) is 30.7 Å². The maximum Gasteiger partial charge on any atom is 0.240 e. The smallest absolute Gasteiger partial charge is 0.240 e. The first-order valence-electron chi connectivity index (χ1n) is 8.34. The summed E-state index contributed by atoms with van der Waals surface area (Å²) in [5.41, 5.74) is -0.0548. The van der Waals surface area contributed by atoms with Gasteiger partial charge < -0.3 is 9.47 Å². The van der Waals surface area contributed by atoms with Crippen LogP contribution in [-0.4, -0.2) is 28.7 Å². The number of rotatable bonds is 9. The monoisotopic (exact) mass is 397 g/mol. The summed E-state index contributed by atoms with van der Waals surface area (Å²) in [7, 11) is -2.14. The van der Waals surface area contributed by atoms with Crippen molar-refractivity contribution in [2.24, 2.45) is 0 Å². The summed E-state index contributed by atoms with van der Waals surface area (Å²) in [6.45, 7) is 4.48. The first-order valence-corrected chi connectivity index (χ1v) is 10.2. The minimum absolute atomic E-state index is 0.0697. The molecule has 0 aromatic heterocycles. The lowest BCUT2D eigenvalue weighted by Gasteiger charge is -2.29. The third-order valence-electron chi connectivity index (χ3n) is 4.09. The van der Waals surface area contributed by atoms with E-state index in [-0.39, 0.29) is 11.4 Å². The minimum atomic E-state index is -3.68. The SMILES string of the molecule is CCCOc1ccc(S(=O)(=O)NCC(C)(OC)c2cccc(Cl)c2)cc1. The molecule has 5 nitrogen and oxygen atoms in total. The number of methoxy groups -OCH3 is 1. The van der Waals surface area contributed by atoms with E-state index < -0.39 is 15.6 Å². The van der Waals surface area contributed by atoms with Gasteiger partial charge in [-0.2, -0.15) is 0 Å². The molecule has 0 aliphatic heterocycles. The zero-order chi connectivity index (χ0) is 19.2. The Morgan fingerprint density at radius 1 is 1.15 bits per heavy atom. The molecule has 1 atom stereocenters. The third-order valence-corrected chi connectivity index (χ3v) is 5.74. The number of nitrogens with one attached hydrogen (secondary N) is 1. The van der Waals surface area contributed by atoms with Crippen LogP contribution in [-0.2, 0) is 20.4 Å². The molecule has 0 saturated carbocycles. The predicted molar refractivity (Wildman–Crippen MR) is 103 cm³/mol. The van der Waals surface area contributed by atoms with Gasteiger partial charge in [0.15, 0.2) is 0 Å². The number of halogens is 1. The molecule has 0 fully saturated rings. The number of sulfonamides is 1. The Balaban J connectivity index is 2.12. The molecule has 2 rings (SSSR count). The van der Waals surface area contributed by atoms with Crippen molar-refractivity contribution < 1.29 is 17.9 Å². The molecule has 2 aromatic carbocycles. The van der Waals surface area contributed by atoms with Crippen LogP contribution in [0.3, 0.4) is 0 Å². The average molecular weight is 398 g/mol. The number of benzene rings is 2. The molecular formula is C19H24ClNO4S. The van der Waals surface area contributed by atoms with Gasteiger partial charge in [-0.3, -0.25) is 0 Å². The lowest BCUT2D eigenvalue weighted by molar-refractivity contribution is 0.00699. The fourth-order valence-electron chi connectivity index (χ4n) is 2.36. The predicted octanol–water partition coefficient (Wildman–Crippen LogP) is 3.97. The molecule has 142 valence electrons. The molecule has 1 N–H and O–H groups in total. The maximum atomic E-state index is 12.6. The van der Waals surface area contributed by atoms with E-state index in [1.54, 1.807) is 30.3 Å². The van der Waals surface area contributed by atoms with Gasteiger partial charge in [0, 0.05) is 18.7 Å². The Bertz CT molecular complexity index is 824. The summed E-state index contributed by atoms with van der Waals surface area (Å²) in [5, 5.41) is 0.566. The molecule has 1 unspecified atom stereocenters. The first-order chi connectivity index (χ1) is 12.3. The van der Waals surface area contributed by atoms with Crippen LogP contribution in [0.2, 0.25) is 5.02 Å². The highest BCUT2D eigenvalue weighted by Gasteiger charge is 2.29. The van der Waals surface area contributed by atoms with Gasteiger partial charge in [-0.25, -0.2) is 13.1 Å². The standard InChI is InChI=1S/C19H24ClNO4S/c1-4-12-25-17-8-10-18(11-9-17)26(22,23)21-14-19(2,24-3)15-6-5-7-16(20)13-15/h5-11,13,21H,4,12,14H2,1-3H3. The van der Waals surface area contributed by atoms with Gasteiger partial charge in [0.2, 0.25) is 10.0 Å². The quantitative estimate of drug-likeness (QED) is 0.695. The molecule has 0 heterocycles. The lowest BCUT2D eigenvalue weighted by atomic mass is 9.96. The average Bonchev–Trinajstić information content (AvgIpc) is 2.65. The molecular weight excluding hydrogens is 374 g/mol. The fourth-order valence-corrected chi connectivity index (χ4v) is 3.68. The zero-order valence-electron chi connectivity index (χ0n) is 15.2. The van der Waals surface area contributed by atoms with E-state index in [2.05, 4.69) is 4.72 Å². The van der Waals surface area contributed by atoms with Crippen LogP contribution in [0.25, 0.3) is 0 Å². The second kappa shape index (κ2) is 8.86. The van der Waals surface area contributed by atoms with Crippen LogP contribution in [0.1, 0.15) is 25.8 Å². The summed E-state index contributed by atoms with van der Waals surface area (Å²) in [5.74, 6) is 0.645. The number of hydrogen-bond acceptors (Lipinski definition) is 4. The largest absolute Gasteiger partial charge is 0.494 e. The van der Waals surface area contributed by atoms with Gasteiger partial charge in [-0.15, -0.1) is 0 Å². The minimum Gasteiger partial charge on any atom is -0.494 e. The normalized spacial score (nSPS) is 14.0. The van der Waals surface area contributed by atoms with E-state index in [9.17, 15) is 8.42 Å². The van der Waals surface area contributed by atoms with Crippen LogP contribution in [0.4, 0.5) is 0 Å². The van der Waals surface area contributed by atoms with Crippen molar-refractivity contribution in [1.29, 1.82) is 0 Å². The molecule has 0 spiro atoms. The van der Waals surface area contributed by atoms with Crippen molar-refractivity contribution in [3.63, 3.8) is 0 Å². The van der Waals surface area contributed by atoms with Crippen molar-refractivity contribution in [3.8, 4) is 5.75 Å². The zero-order valence-corrected chi connectivity index (χ0v) is 16.7. The van der Waals surface area contributed by atoms with Gasteiger partial charge in [0.1, 0.15) is 11.4 Å². The second-order valence-electron chi connectivity index (χ2n) is 6.09. The molecule has 0 radical (unpaired) electrons. The molecule has 0 saturated heterocycles. The Kier molecular flexibility index (Phi) is 7.06. The molecule has 0 aliphatic carbocycles. The summed E-state index contributed by atoms with van der Waals surface area (Å²) in [6, 6.07) is 13.5. The van der Waals surface area contributed by atoms with Crippen molar-refractivity contribution in [3.05, 3.63) is 59.1 Å².